The highest BCUT2D eigenvalue weighted by Crippen LogP contribution is 2.17. The predicted molar refractivity (Wildman–Crippen MR) is 104 cm³/mol. The summed E-state index contributed by atoms with van der Waals surface area (Å²) < 4.78 is 27.0. The van der Waals surface area contributed by atoms with E-state index in [-0.39, 0.29) is 23.8 Å². The first-order valence-corrected chi connectivity index (χ1v) is 10.4. The lowest BCUT2D eigenvalue weighted by molar-refractivity contribution is -0.115. The first-order valence-electron chi connectivity index (χ1n) is 8.15. The predicted octanol–water partition coefficient (Wildman–Crippen LogP) is 2.51. The van der Waals surface area contributed by atoms with Gasteiger partial charge in [0.25, 0.3) is 0 Å². The molecule has 3 aromatic rings. The van der Waals surface area contributed by atoms with Crippen molar-refractivity contribution in [2.24, 2.45) is 0 Å². The Morgan fingerprint density at radius 2 is 1.74 bits per heavy atom. The van der Waals surface area contributed by atoms with Gasteiger partial charge in [-0.2, -0.15) is 0 Å². The number of nitrogens with one attached hydrogen (secondary N) is 2. The van der Waals surface area contributed by atoms with Crippen LogP contribution in [0.5, 0.6) is 0 Å². The van der Waals surface area contributed by atoms with Crippen LogP contribution in [-0.2, 0) is 27.8 Å². The summed E-state index contributed by atoms with van der Waals surface area (Å²) in [5.41, 5.74) is 1.87. The Bertz CT molecular complexity index is 1020. The number of carbonyl (C=O) groups is 1. The van der Waals surface area contributed by atoms with Crippen molar-refractivity contribution < 1.29 is 13.2 Å². The van der Waals surface area contributed by atoms with Gasteiger partial charge in [-0.3, -0.25) is 4.79 Å². The van der Waals surface area contributed by atoms with Crippen LogP contribution in [0.1, 0.15) is 16.1 Å². The zero-order valence-electron chi connectivity index (χ0n) is 14.5. The highest BCUT2D eigenvalue weighted by Gasteiger charge is 2.15. The molecule has 2 N–H and O–H groups in total. The highest BCUT2D eigenvalue weighted by atomic mass is 32.2. The normalized spacial score (nSPS) is 11.3. The van der Waals surface area contributed by atoms with Crippen LogP contribution in [0.15, 0.2) is 59.5 Å². The molecule has 1 heterocycles. The van der Waals surface area contributed by atoms with E-state index in [0.29, 0.717) is 10.1 Å². The Morgan fingerprint density at radius 1 is 1.04 bits per heavy atom. The summed E-state index contributed by atoms with van der Waals surface area (Å²) in [6.45, 7) is 1.89. The Hall–Kier alpha value is -2.62. The summed E-state index contributed by atoms with van der Waals surface area (Å²) in [6, 6.07) is 15.9. The molecule has 3 rings (SSSR count). The summed E-state index contributed by atoms with van der Waals surface area (Å²) >= 11 is 1.13. The van der Waals surface area contributed by atoms with Crippen molar-refractivity contribution in [1.82, 2.24) is 14.9 Å². The Morgan fingerprint density at radius 3 is 2.44 bits per heavy atom. The van der Waals surface area contributed by atoms with Crippen LogP contribution in [0.2, 0.25) is 0 Å². The van der Waals surface area contributed by atoms with Crippen molar-refractivity contribution in [3.05, 3.63) is 70.7 Å². The minimum absolute atomic E-state index is 0.00241. The molecular formula is C18H18N4O3S2. The molecule has 7 nitrogen and oxygen atoms in total. The summed E-state index contributed by atoms with van der Waals surface area (Å²) in [6.07, 6.45) is 0.232. The number of aromatic nitrogens is 2. The quantitative estimate of drug-likeness (QED) is 0.632. The van der Waals surface area contributed by atoms with Crippen molar-refractivity contribution in [2.45, 2.75) is 24.8 Å². The fourth-order valence-corrected chi connectivity index (χ4v) is 4.05. The Kier molecular flexibility index (Phi) is 5.94. The van der Waals surface area contributed by atoms with E-state index in [1.807, 2.05) is 37.3 Å². The van der Waals surface area contributed by atoms with Crippen LogP contribution >= 0.6 is 11.3 Å². The minimum atomic E-state index is -3.63. The van der Waals surface area contributed by atoms with E-state index in [2.05, 4.69) is 20.2 Å². The van der Waals surface area contributed by atoms with E-state index in [9.17, 15) is 13.2 Å². The Balaban J connectivity index is 1.56. The first kappa shape index (κ1) is 19.2. The fraction of sp³-hybridized carbons (Fsp3) is 0.167. The molecule has 0 spiro atoms. The van der Waals surface area contributed by atoms with Gasteiger partial charge < -0.3 is 5.32 Å². The van der Waals surface area contributed by atoms with Crippen molar-refractivity contribution in [2.75, 3.05) is 5.32 Å². The average Bonchev–Trinajstić information content (AvgIpc) is 3.08. The van der Waals surface area contributed by atoms with Gasteiger partial charge in [0.1, 0.15) is 5.01 Å². The van der Waals surface area contributed by atoms with E-state index >= 15 is 0 Å². The molecule has 0 atom stereocenters. The number of benzene rings is 2. The van der Waals surface area contributed by atoms with E-state index in [4.69, 9.17) is 0 Å². The summed E-state index contributed by atoms with van der Waals surface area (Å²) in [4.78, 5) is 12.2. The monoisotopic (exact) mass is 402 g/mol. The van der Waals surface area contributed by atoms with Crippen LogP contribution in [-0.4, -0.2) is 24.5 Å². The molecule has 0 aliphatic heterocycles. The molecule has 9 heteroatoms. The van der Waals surface area contributed by atoms with E-state index < -0.39 is 10.0 Å². The first-order chi connectivity index (χ1) is 12.9. The third-order valence-electron chi connectivity index (χ3n) is 3.67. The number of amides is 1. The van der Waals surface area contributed by atoms with Gasteiger partial charge in [0.2, 0.25) is 21.1 Å². The van der Waals surface area contributed by atoms with Gasteiger partial charge in [0.15, 0.2) is 0 Å². The van der Waals surface area contributed by atoms with Gasteiger partial charge in [-0.1, -0.05) is 59.4 Å². The van der Waals surface area contributed by atoms with Crippen molar-refractivity contribution >= 4 is 32.4 Å². The summed E-state index contributed by atoms with van der Waals surface area (Å²) in [7, 11) is -3.63. The molecule has 0 unspecified atom stereocenters. The molecular weight excluding hydrogens is 384 g/mol. The number of nitrogens with zero attached hydrogens (tertiary/aromatic N) is 2. The second kappa shape index (κ2) is 8.38. The summed E-state index contributed by atoms with van der Waals surface area (Å²) in [5.74, 6) is -0.205. The third-order valence-corrected chi connectivity index (χ3v) is 5.92. The molecule has 27 heavy (non-hydrogen) atoms. The SMILES string of the molecule is Cc1ccc(S(=O)(=O)NCc2nnc(NC(=O)Cc3ccccc3)s2)cc1. The average molecular weight is 403 g/mol. The molecule has 0 aliphatic carbocycles. The molecule has 0 saturated heterocycles. The standard InChI is InChI=1S/C18H18N4O3S2/c1-13-7-9-15(10-8-13)27(24,25)19-12-17-21-22-18(26-17)20-16(23)11-14-5-3-2-4-6-14/h2-10,19H,11-12H2,1H3,(H,20,22,23). The zero-order chi connectivity index (χ0) is 19.3. The lowest BCUT2D eigenvalue weighted by Gasteiger charge is -2.05. The maximum absolute atomic E-state index is 12.3. The number of sulfonamides is 1. The van der Waals surface area contributed by atoms with Crippen LogP contribution in [0.25, 0.3) is 0 Å². The molecule has 1 amide bonds. The number of hydrogen-bond acceptors (Lipinski definition) is 6. The van der Waals surface area contributed by atoms with Gasteiger partial charge in [-0.15, -0.1) is 10.2 Å². The number of aryl methyl sites for hydroxylation is 1. The molecule has 0 saturated carbocycles. The molecule has 0 fully saturated rings. The third kappa shape index (κ3) is 5.43. The van der Waals surface area contributed by atoms with Gasteiger partial charge >= 0.3 is 0 Å². The topological polar surface area (TPSA) is 101 Å². The highest BCUT2D eigenvalue weighted by molar-refractivity contribution is 7.89. The van der Waals surface area contributed by atoms with Gasteiger partial charge in [-0.25, -0.2) is 13.1 Å². The van der Waals surface area contributed by atoms with Gasteiger partial charge in [-0.05, 0) is 24.6 Å². The van der Waals surface area contributed by atoms with Crippen LogP contribution in [0.3, 0.4) is 0 Å². The van der Waals surface area contributed by atoms with Crippen molar-refractivity contribution in [3.8, 4) is 0 Å². The van der Waals surface area contributed by atoms with E-state index in [0.717, 1.165) is 22.5 Å². The maximum atomic E-state index is 12.3. The second-order valence-corrected chi connectivity index (χ2v) is 8.68. The number of carbonyl (C=O) groups excluding carboxylic acids is 1. The van der Waals surface area contributed by atoms with Crippen LogP contribution in [0.4, 0.5) is 5.13 Å². The molecule has 0 bridgehead atoms. The van der Waals surface area contributed by atoms with Crippen molar-refractivity contribution in [3.63, 3.8) is 0 Å². The molecule has 0 radical (unpaired) electrons. The fourth-order valence-electron chi connectivity index (χ4n) is 2.28. The lowest BCUT2D eigenvalue weighted by atomic mass is 10.1. The maximum Gasteiger partial charge on any atom is 0.240 e. The summed E-state index contributed by atoms with van der Waals surface area (Å²) in [5, 5.41) is 11.3. The van der Waals surface area contributed by atoms with E-state index in [1.54, 1.807) is 24.3 Å². The molecule has 0 aliphatic rings. The smallest absolute Gasteiger partial charge is 0.240 e. The second-order valence-electron chi connectivity index (χ2n) is 5.85. The van der Waals surface area contributed by atoms with Crippen molar-refractivity contribution in [1.29, 1.82) is 0 Å². The number of anilines is 1. The van der Waals surface area contributed by atoms with Gasteiger partial charge in [0.05, 0.1) is 17.9 Å². The largest absolute Gasteiger partial charge is 0.300 e. The Labute approximate surface area is 161 Å². The minimum Gasteiger partial charge on any atom is -0.300 e. The molecule has 1 aromatic heterocycles. The van der Waals surface area contributed by atoms with Gasteiger partial charge in [0, 0.05) is 0 Å². The number of rotatable bonds is 7. The zero-order valence-corrected chi connectivity index (χ0v) is 16.2. The molecule has 140 valence electrons. The van der Waals surface area contributed by atoms with Crippen LogP contribution < -0.4 is 10.0 Å². The lowest BCUT2D eigenvalue weighted by Crippen LogP contribution is -2.23. The van der Waals surface area contributed by atoms with Crippen LogP contribution in [0, 0.1) is 6.92 Å². The van der Waals surface area contributed by atoms with E-state index in [1.165, 1.54) is 0 Å². The number of hydrogen-bond donors (Lipinski definition) is 2. The molecule has 2 aromatic carbocycles.